The van der Waals surface area contributed by atoms with Gasteiger partial charge in [-0.05, 0) is 50.4 Å². The molecule has 0 saturated heterocycles. The smallest absolute Gasteiger partial charge is 0.0137 e. The van der Waals surface area contributed by atoms with Crippen molar-refractivity contribution in [3.05, 3.63) is 23.8 Å². The Hall–Kier alpha value is -0.520. The monoisotopic (exact) mass is 190 g/mol. The van der Waals surface area contributed by atoms with Crippen LogP contribution in [0.25, 0.3) is 0 Å². The van der Waals surface area contributed by atoms with Crippen molar-refractivity contribution in [3.8, 4) is 0 Å². The summed E-state index contributed by atoms with van der Waals surface area (Å²) < 4.78 is 0. The summed E-state index contributed by atoms with van der Waals surface area (Å²) in [5.41, 5.74) is 3.14. The molecule has 0 bridgehead atoms. The summed E-state index contributed by atoms with van der Waals surface area (Å²) in [6.07, 6.45) is 9.22. The van der Waals surface area contributed by atoms with Gasteiger partial charge in [0.2, 0.25) is 0 Å². The van der Waals surface area contributed by atoms with E-state index in [1.165, 1.54) is 37.7 Å². The molecule has 2 aliphatic rings. The summed E-state index contributed by atoms with van der Waals surface area (Å²) in [5.74, 6) is 2.58. The van der Waals surface area contributed by atoms with Crippen molar-refractivity contribution in [1.29, 1.82) is 0 Å². The van der Waals surface area contributed by atoms with Crippen LogP contribution in [0.15, 0.2) is 23.8 Å². The van der Waals surface area contributed by atoms with Gasteiger partial charge in [-0.25, -0.2) is 0 Å². The van der Waals surface area contributed by atoms with E-state index in [-0.39, 0.29) is 0 Å². The van der Waals surface area contributed by atoms with Gasteiger partial charge in [-0.3, -0.25) is 0 Å². The van der Waals surface area contributed by atoms with E-state index in [0.717, 1.165) is 17.8 Å². The predicted molar refractivity (Wildman–Crippen MR) is 62.1 cm³/mol. The fourth-order valence-corrected chi connectivity index (χ4v) is 3.27. The van der Waals surface area contributed by atoms with Crippen LogP contribution in [0.5, 0.6) is 0 Å². The first-order chi connectivity index (χ1) is 6.72. The molecule has 0 aliphatic heterocycles. The van der Waals surface area contributed by atoms with E-state index in [1.54, 1.807) is 5.57 Å². The Morgan fingerprint density at radius 2 is 2.14 bits per heavy atom. The van der Waals surface area contributed by atoms with Gasteiger partial charge >= 0.3 is 0 Å². The maximum atomic E-state index is 4.26. The number of hydrogen-bond donors (Lipinski definition) is 0. The third-order valence-electron chi connectivity index (χ3n) is 4.22. The second-order valence-corrected chi connectivity index (χ2v) is 5.10. The predicted octanol–water partition coefficient (Wildman–Crippen LogP) is 4.34. The van der Waals surface area contributed by atoms with Crippen LogP contribution < -0.4 is 0 Å². The third kappa shape index (κ3) is 1.67. The van der Waals surface area contributed by atoms with E-state index in [9.17, 15) is 0 Å². The molecular formula is C14H22. The molecule has 0 aromatic carbocycles. The first-order valence-corrected chi connectivity index (χ1v) is 6.07. The lowest BCUT2D eigenvalue weighted by Gasteiger charge is -2.41. The molecule has 3 atom stereocenters. The van der Waals surface area contributed by atoms with Crippen LogP contribution in [-0.2, 0) is 0 Å². The summed E-state index contributed by atoms with van der Waals surface area (Å²) in [7, 11) is 0. The standard InChI is InChI=1S/C14H22/c1-4-12-7-6-11(3)13-8-5-10(2)9-14(12)13/h9,12-14H,3-8H2,1-2H3. The van der Waals surface area contributed by atoms with Crippen LogP contribution in [0.2, 0.25) is 0 Å². The van der Waals surface area contributed by atoms with Crippen LogP contribution in [0.3, 0.4) is 0 Å². The van der Waals surface area contributed by atoms with Gasteiger partial charge in [0.25, 0.3) is 0 Å². The topological polar surface area (TPSA) is 0 Å². The molecule has 1 saturated carbocycles. The number of fused-ring (bicyclic) bond motifs is 1. The molecule has 2 rings (SSSR count). The molecule has 0 nitrogen and oxygen atoms in total. The number of hydrogen-bond acceptors (Lipinski definition) is 0. The zero-order valence-electron chi connectivity index (χ0n) is 9.55. The van der Waals surface area contributed by atoms with Gasteiger partial charge in [0, 0.05) is 0 Å². The molecule has 0 heterocycles. The molecule has 0 aromatic heterocycles. The minimum atomic E-state index is 0.817. The molecule has 0 aromatic rings. The molecule has 0 heteroatoms. The highest BCUT2D eigenvalue weighted by Gasteiger charge is 2.34. The number of rotatable bonds is 1. The van der Waals surface area contributed by atoms with Crippen molar-refractivity contribution in [2.75, 3.05) is 0 Å². The van der Waals surface area contributed by atoms with Crippen molar-refractivity contribution in [3.63, 3.8) is 0 Å². The van der Waals surface area contributed by atoms with Gasteiger partial charge in [-0.1, -0.05) is 37.1 Å². The van der Waals surface area contributed by atoms with Crippen LogP contribution >= 0.6 is 0 Å². The Bertz CT molecular complexity index is 259. The maximum Gasteiger partial charge on any atom is -0.0137 e. The SMILES string of the molecule is C=C1CCC(CC)C2C=C(C)CCC12. The second-order valence-electron chi connectivity index (χ2n) is 5.10. The Morgan fingerprint density at radius 3 is 2.86 bits per heavy atom. The minimum absolute atomic E-state index is 0.817. The quantitative estimate of drug-likeness (QED) is 0.540. The van der Waals surface area contributed by atoms with Crippen LogP contribution in [0, 0.1) is 17.8 Å². The van der Waals surface area contributed by atoms with Gasteiger partial charge in [-0.15, -0.1) is 0 Å². The highest BCUT2D eigenvalue weighted by Crippen LogP contribution is 2.45. The normalized spacial score (nSPS) is 37.7. The minimum Gasteiger partial charge on any atom is -0.0996 e. The van der Waals surface area contributed by atoms with Crippen LogP contribution in [0.1, 0.15) is 46.0 Å². The van der Waals surface area contributed by atoms with Crippen molar-refractivity contribution < 1.29 is 0 Å². The molecular weight excluding hydrogens is 168 g/mol. The lowest BCUT2D eigenvalue weighted by atomic mass is 9.64. The van der Waals surface area contributed by atoms with E-state index in [4.69, 9.17) is 0 Å². The average Bonchev–Trinajstić information content (AvgIpc) is 2.18. The molecule has 78 valence electrons. The van der Waals surface area contributed by atoms with Crippen molar-refractivity contribution >= 4 is 0 Å². The Balaban J connectivity index is 2.22. The maximum absolute atomic E-state index is 4.26. The first-order valence-electron chi connectivity index (χ1n) is 6.07. The first kappa shape index (κ1) is 10.0. The highest BCUT2D eigenvalue weighted by atomic mass is 14.4. The van der Waals surface area contributed by atoms with Crippen LogP contribution in [-0.4, -0.2) is 0 Å². The van der Waals surface area contributed by atoms with Gasteiger partial charge in [0.1, 0.15) is 0 Å². The molecule has 1 fully saturated rings. The molecule has 0 spiro atoms. The van der Waals surface area contributed by atoms with Gasteiger partial charge in [-0.2, -0.15) is 0 Å². The van der Waals surface area contributed by atoms with Crippen molar-refractivity contribution in [1.82, 2.24) is 0 Å². The second kappa shape index (κ2) is 3.92. The average molecular weight is 190 g/mol. The van der Waals surface area contributed by atoms with Gasteiger partial charge in [0.15, 0.2) is 0 Å². The zero-order valence-corrected chi connectivity index (χ0v) is 9.55. The summed E-state index contributed by atoms with van der Waals surface area (Å²) in [6, 6.07) is 0. The van der Waals surface area contributed by atoms with Crippen LogP contribution in [0.4, 0.5) is 0 Å². The Labute approximate surface area is 88.1 Å². The Morgan fingerprint density at radius 1 is 1.36 bits per heavy atom. The van der Waals surface area contributed by atoms with Crippen molar-refractivity contribution in [2.24, 2.45) is 17.8 Å². The largest absolute Gasteiger partial charge is 0.0996 e. The summed E-state index contributed by atoms with van der Waals surface area (Å²) in [5, 5.41) is 0. The van der Waals surface area contributed by atoms with E-state index in [1.807, 2.05) is 0 Å². The van der Waals surface area contributed by atoms with Gasteiger partial charge in [0.05, 0.1) is 0 Å². The number of allylic oxidation sites excluding steroid dienone is 3. The lowest BCUT2D eigenvalue weighted by Crippen LogP contribution is -2.30. The fraction of sp³-hybridized carbons (Fsp3) is 0.714. The van der Waals surface area contributed by atoms with Crippen molar-refractivity contribution in [2.45, 2.75) is 46.0 Å². The lowest BCUT2D eigenvalue weighted by molar-refractivity contribution is 0.223. The van der Waals surface area contributed by atoms with E-state index in [0.29, 0.717) is 0 Å². The molecule has 0 N–H and O–H groups in total. The third-order valence-corrected chi connectivity index (χ3v) is 4.22. The molecule has 0 radical (unpaired) electrons. The molecule has 3 unspecified atom stereocenters. The summed E-state index contributed by atoms with van der Waals surface area (Å²) in [6.45, 7) is 8.90. The molecule has 2 aliphatic carbocycles. The van der Waals surface area contributed by atoms with Gasteiger partial charge < -0.3 is 0 Å². The van der Waals surface area contributed by atoms with E-state index >= 15 is 0 Å². The fourth-order valence-electron chi connectivity index (χ4n) is 3.27. The summed E-state index contributed by atoms with van der Waals surface area (Å²) in [4.78, 5) is 0. The Kier molecular flexibility index (Phi) is 2.80. The molecule has 0 amide bonds. The summed E-state index contributed by atoms with van der Waals surface area (Å²) >= 11 is 0. The molecule has 14 heavy (non-hydrogen) atoms. The van der Waals surface area contributed by atoms with E-state index < -0.39 is 0 Å². The highest BCUT2D eigenvalue weighted by molar-refractivity contribution is 5.18. The zero-order chi connectivity index (χ0) is 10.1. The van der Waals surface area contributed by atoms with E-state index in [2.05, 4.69) is 26.5 Å².